The van der Waals surface area contributed by atoms with Crippen LogP contribution in [0.1, 0.15) is 24.6 Å². The molecule has 1 aliphatic rings. The molecule has 124 valence electrons. The zero-order valence-corrected chi connectivity index (χ0v) is 13.9. The van der Waals surface area contributed by atoms with Gasteiger partial charge in [0.15, 0.2) is 0 Å². The van der Waals surface area contributed by atoms with Gasteiger partial charge in [0.25, 0.3) is 0 Å². The molecular weight excluding hydrogens is 327 g/mol. The molecule has 0 saturated heterocycles. The minimum Gasteiger partial charge on any atom is -0.253 e. The molecular formula is C18H17FN2O2S. The van der Waals surface area contributed by atoms with E-state index in [1.54, 1.807) is 18.2 Å². The van der Waals surface area contributed by atoms with Gasteiger partial charge in [-0.1, -0.05) is 31.2 Å². The fraction of sp³-hybridized carbons (Fsp3) is 0.167. The van der Waals surface area contributed by atoms with E-state index < -0.39 is 10.0 Å². The van der Waals surface area contributed by atoms with Crippen molar-refractivity contribution in [1.82, 2.24) is 4.98 Å². The molecule has 1 aliphatic carbocycles. The first-order chi connectivity index (χ1) is 11.4. The van der Waals surface area contributed by atoms with E-state index in [9.17, 15) is 12.8 Å². The van der Waals surface area contributed by atoms with Crippen LogP contribution in [-0.4, -0.2) is 13.4 Å². The van der Waals surface area contributed by atoms with Crippen LogP contribution in [0.15, 0.2) is 59.6 Å². The van der Waals surface area contributed by atoms with Crippen LogP contribution in [0.2, 0.25) is 0 Å². The molecule has 1 aromatic heterocycles. The Morgan fingerprint density at radius 3 is 2.29 bits per heavy atom. The topological polar surface area (TPSA) is 73.1 Å². The minimum atomic E-state index is -3.72. The van der Waals surface area contributed by atoms with Gasteiger partial charge in [-0.3, -0.25) is 4.98 Å². The lowest BCUT2D eigenvalue weighted by Gasteiger charge is -2.09. The van der Waals surface area contributed by atoms with Gasteiger partial charge in [0.2, 0.25) is 10.0 Å². The Bertz CT molecular complexity index is 914. The molecule has 0 spiro atoms. The maximum atomic E-state index is 13.1. The third kappa shape index (κ3) is 3.29. The van der Waals surface area contributed by atoms with Crippen molar-refractivity contribution >= 4 is 21.2 Å². The Labute approximate surface area is 140 Å². The van der Waals surface area contributed by atoms with Crippen LogP contribution in [0, 0.1) is 11.7 Å². The van der Waals surface area contributed by atoms with Gasteiger partial charge in [-0.25, -0.2) is 17.9 Å². The molecule has 0 fully saturated rings. The highest BCUT2D eigenvalue weighted by Crippen LogP contribution is 2.38. The second kappa shape index (κ2) is 6.30. The zero-order valence-electron chi connectivity index (χ0n) is 13.1. The van der Waals surface area contributed by atoms with E-state index in [2.05, 4.69) is 24.1 Å². The summed E-state index contributed by atoms with van der Waals surface area (Å²) in [6.07, 6.45) is 6.34. The number of primary sulfonamides is 1. The molecule has 0 radical (unpaired) electrons. The molecule has 2 N–H and O–H groups in total. The number of pyridine rings is 1. The largest absolute Gasteiger partial charge is 0.253 e. The summed E-state index contributed by atoms with van der Waals surface area (Å²) in [6.45, 7) is 2.08. The van der Waals surface area contributed by atoms with E-state index in [1.807, 2.05) is 0 Å². The summed E-state index contributed by atoms with van der Waals surface area (Å²) in [5.41, 5.74) is 3.44. The van der Waals surface area contributed by atoms with Crippen molar-refractivity contribution in [3.63, 3.8) is 0 Å². The van der Waals surface area contributed by atoms with E-state index in [0.717, 1.165) is 23.1 Å². The maximum Gasteiger partial charge on any atom is 0.238 e. The summed E-state index contributed by atoms with van der Waals surface area (Å²) in [5, 5.41) is 5.14. The SMILES string of the molecule is CCC1C=C(c2ccc(S(N)(=O)=O)cc2)C(c2ccc(F)cn2)=C1. The maximum absolute atomic E-state index is 13.1. The van der Waals surface area contributed by atoms with Crippen LogP contribution < -0.4 is 5.14 Å². The number of nitrogens with two attached hydrogens (primary N) is 1. The zero-order chi connectivity index (χ0) is 17.3. The van der Waals surface area contributed by atoms with Gasteiger partial charge in [-0.05, 0) is 47.7 Å². The summed E-state index contributed by atoms with van der Waals surface area (Å²) in [4.78, 5) is 4.23. The molecule has 0 aliphatic heterocycles. The third-order valence-corrected chi connectivity index (χ3v) is 4.95. The number of rotatable bonds is 4. The van der Waals surface area contributed by atoms with Gasteiger partial charge in [0.05, 0.1) is 16.8 Å². The Kier molecular flexibility index (Phi) is 4.34. The van der Waals surface area contributed by atoms with Crippen molar-refractivity contribution in [1.29, 1.82) is 0 Å². The molecule has 1 atom stereocenters. The van der Waals surface area contributed by atoms with Gasteiger partial charge >= 0.3 is 0 Å². The standard InChI is InChI=1S/C18H17FN2O2S/c1-2-12-9-16(13-3-6-15(7-4-13)24(20,22)23)17(10-12)18-8-5-14(19)11-21-18/h3-12H,2H2,1H3,(H2,20,22,23). The number of benzene rings is 1. The van der Waals surface area contributed by atoms with Crippen LogP contribution >= 0.6 is 0 Å². The number of allylic oxidation sites excluding steroid dienone is 4. The van der Waals surface area contributed by atoms with Gasteiger partial charge in [0, 0.05) is 5.57 Å². The van der Waals surface area contributed by atoms with Crippen molar-refractivity contribution in [3.05, 3.63) is 71.8 Å². The second-order valence-corrected chi connectivity index (χ2v) is 7.23. The average molecular weight is 344 g/mol. The quantitative estimate of drug-likeness (QED) is 0.924. The lowest BCUT2D eigenvalue weighted by molar-refractivity contribution is 0.598. The van der Waals surface area contributed by atoms with E-state index >= 15 is 0 Å². The lowest BCUT2D eigenvalue weighted by atomic mass is 9.98. The summed E-state index contributed by atoms with van der Waals surface area (Å²) >= 11 is 0. The highest BCUT2D eigenvalue weighted by atomic mass is 32.2. The van der Waals surface area contributed by atoms with Crippen LogP contribution in [-0.2, 0) is 10.0 Å². The number of hydrogen-bond donors (Lipinski definition) is 1. The minimum absolute atomic E-state index is 0.0716. The van der Waals surface area contributed by atoms with Crippen molar-refractivity contribution in [3.8, 4) is 0 Å². The first-order valence-electron chi connectivity index (χ1n) is 7.57. The fourth-order valence-corrected chi connectivity index (χ4v) is 3.24. The Morgan fingerprint density at radius 2 is 1.75 bits per heavy atom. The average Bonchev–Trinajstić information content (AvgIpc) is 2.99. The van der Waals surface area contributed by atoms with E-state index in [1.165, 1.54) is 24.4 Å². The molecule has 4 nitrogen and oxygen atoms in total. The first-order valence-corrected chi connectivity index (χ1v) is 9.12. The molecule has 2 aromatic rings. The van der Waals surface area contributed by atoms with Gasteiger partial charge < -0.3 is 0 Å². The van der Waals surface area contributed by atoms with Crippen LogP contribution in [0.25, 0.3) is 11.1 Å². The van der Waals surface area contributed by atoms with E-state index in [4.69, 9.17) is 5.14 Å². The molecule has 0 amide bonds. The highest BCUT2D eigenvalue weighted by molar-refractivity contribution is 7.89. The Morgan fingerprint density at radius 1 is 1.08 bits per heavy atom. The van der Waals surface area contributed by atoms with Gasteiger partial charge in [0.1, 0.15) is 5.82 Å². The van der Waals surface area contributed by atoms with Gasteiger partial charge in [-0.15, -0.1) is 0 Å². The fourth-order valence-electron chi connectivity index (χ4n) is 2.73. The molecule has 1 aromatic carbocycles. The van der Waals surface area contributed by atoms with Crippen LogP contribution in [0.3, 0.4) is 0 Å². The van der Waals surface area contributed by atoms with E-state index in [0.29, 0.717) is 5.69 Å². The van der Waals surface area contributed by atoms with Gasteiger partial charge in [-0.2, -0.15) is 0 Å². The predicted octanol–water partition coefficient (Wildman–Crippen LogP) is 3.37. The normalized spacial score (nSPS) is 17.5. The summed E-state index contributed by atoms with van der Waals surface area (Å²) < 4.78 is 35.9. The Balaban J connectivity index is 2.01. The van der Waals surface area contributed by atoms with Crippen molar-refractivity contribution in [2.45, 2.75) is 18.2 Å². The number of aromatic nitrogens is 1. The summed E-state index contributed by atoms with van der Waals surface area (Å²) in [6, 6.07) is 9.44. The molecule has 24 heavy (non-hydrogen) atoms. The Hall–Kier alpha value is -2.31. The molecule has 6 heteroatoms. The highest BCUT2D eigenvalue weighted by Gasteiger charge is 2.20. The summed E-state index contributed by atoms with van der Waals surface area (Å²) in [5.74, 6) is -0.118. The number of sulfonamides is 1. The molecule has 1 unspecified atom stereocenters. The molecule has 1 heterocycles. The smallest absolute Gasteiger partial charge is 0.238 e. The van der Waals surface area contributed by atoms with Crippen LogP contribution in [0.5, 0.6) is 0 Å². The third-order valence-electron chi connectivity index (χ3n) is 4.02. The predicted molar refractivity (Wildman–Crippen MR) is 91.7 cm³/mol. The van der Waals surface area contributed by atoms with Crippen LogP contribution in [0.4, 0.5) is 4.39 Å². The first kappa shape index (κ1) is 16.5. The number of halogens is 1. The van der Waals surface area contributed by atoms with E-state index in [-0.39, 0.29) is 16.6 Å². The molecule has 0 saturated carbocycles. The molecule has 3 rings (SSSR count). The number of hydrogen-bond acceptors (Lipinski definition) is 3. The van der Waals surface area contributed by atoms with Crippen molar-refractivity contribution in [2.24, 2.45) is 11.1 Å². The second-order valence-electron chi connectivity index (χ2n) is 5.66. The molecule has 0 bridgehead atoms. The van der Waals surface area contributed by atoms with Crippen molar-refractivity contribution < 1.29 is 12.8 Å². The van der Waals surface area contributed by atoms with Crippen molar-refractivity contribution in [2.75, 3.05) is 0 Å². The number of nitrogens with zero attached hydrogens (tertiary/aromatic N) is 1. The lowest BCUT2D eigenvalue weighted by Crippen LogP contribution is -2.11. The summed E-state index contributed by atoms with van der Waals surface area (Å²) in [7, 11) is -3.72. The monoisotopic (exact) mass is 344 g/mol.